The molecule has 0 aliphatic heterocycles. The topological polar surface area (TPSA) is 33.1 Å². The Morgan fingerprint density at radius 3 is 2.27 bits per heavy atom. The monoisotopic (exact) mass is 279 g/mol. The maximum Gasteiger partial charge on any atom is 0.101 e. The standard InChI is InChI=1S/C7H7Br2NO/c8-7(9)6(11)5-1-3-10-4-2-5/h1-4,6-7,11H. The van der Waals surface area contributed by atoms with Crippen LogP contribution in [-0.4, -0.2) is 13.8 Å². The van der Waals surface area contributed by atoms with E-state index in [1.165, 1.54) is 0 Å². The first-order valence-electron chi connectivity index (χ1n) is 3.08. The Morgan fingerprint density at radius 2 is 1.82 bits per heavy atom. The van der Waals surface area contributed by atoms with E-state index in [0.717, 1.165) is 5.56 Å². The zero-order chi connectivity index (χ0) is 8.27. The van der Waals surface area contributed by atoms with Crippen molar-refractivity contribution in [3.63, 3.8) is 0 Å². The van der Waals surface area contributed by atoms with Crippen molar-refractivity contribution >= 4 is 31.9 Å². The fraction of sp³-hybridized carbons (Fsp3) is 0.286. The predicted octanol–water partition coefficient (Wildman–Crippen LogP) is 2.23. The zero-order valence-corrected chi connectivity index (χ0v) is 8.79. The highest BCUT2D eigenvalue weighted by Crippen LogP contribution is 2.25. The predicted molar refractivity (Wildman–Crippen MR) is 50.8 cm³/mol. The summed E-state index contributed by atoms with van der Waals surface area (Å²) in [4.78, 5) is 3.85. The Hall–Kier alpha value is 0.0700. The van der Waals surface area contributed by atoms with Crippen LogP contribution in [0.4, 0.5) is 0 Å². The third-order valence-electron chi connectivity index (χ3n) is 1.29. The SMILES string of the molecule is OC(c1ccncc1)C(Br)Br. The summed E-state index contributed by atoms with van der Waals surface area (Å²) < 4.78 is -0.114. The molecular weight excluding hydrogens is 274 g/mol. The highest BCUT2D eigenvalue weighted by Gasteiger charge is 2.13. The molecule has 0 bridgehead atoms. The molecule has 60 valence electrons. The largest absolute Gasteiger partial charge is 0.386 e. The second-order valence-electron chi connectivity index (χ2n) is 2.06. The molecule has 11 heavy (non-hydrogen) atoms. The molecule has 0 aromatic carbocycles. The van der Waals surface area contributed by atoms with Crippen LogP contribution in [0.2, 0.25) is 0 Å². The Bertz CT molecular complexity index is 215. The van der Waals surface area contributed by atoms with E-state index in [9.17, 15) is 5.11 Å². The minimum atomic E-state index is -0.530. The molecule has 1 atom stereocenters. The first-order chi connectivity index (χ1) is 5.22. The van der Waals surface area contributed by atoms with Gasteiger partial charge in [0.05, 0.1) is 3.74 Å². The van der Waals surface area contributed by atoms with Crippen LogP contribution in [0.5, 0.6) is 0 Å². The van der Waals surface area contributed by atoms with Gasteiger partial charge in [-0.15, -0.1) is 0 Å². The van der Waals surface area contributed by atoms with Gasteiger partial charge in [-0.3, -0.25) is 4.98 Å². The lowest BCUT2D eigenvalue weighted by atomic mass is 10.2. The van der Waals surface area contributed by atoms with Gasteiger partial charge >= 0.3 is 0 Å². The molecule has 0 aliphatic rings. The van der Waals surface area contributed by atoms with Crippen LogP contribution in [0.25, 0.3) is 0 Å². The highest BCUT2D eigenvalue weighted by molar-refractivity contribution is 9.24. The molecule has 1 aromatic heterocycles. The van der Waals surface area contributed by atoms with E-state index in [4.69, 9.17) is 0 Å². The van der Waals surface area contributed by atoms with Crippen LogP contribution in [0.3, 0.4) is 0 Å². The lowest BCUT2D eigenvalue weighted by Gasteiger charge is -2.10. The normalized spacial score (nSPS) is 13.5. The third kappa shape index (κ3) is 2.54. The van der Waals surface area contributed by atoms with Gasteiger partial charge in [-0.2, -0.15) is 0 Å². The molecule has 0 saturated carbocycles. The van der Waals surface area contributed by atoms with Gasteiger partial charge in [0, 0.05) is 12.4 Å². The maximum atomic E-state index is 9.48. The molecule has 1 unspecified atom stereocenters. The molecule has 0 amide bonds. The van der Waals surface area contributed by atoms with Crippen LogP contribution in [0.1, 0.15) is 11.7 Å². The van der Waals surface area contributed by atoms with Crippen molar-refractivity contribution in [3.8, 4) is 0 Å². The van der Waals surface area contributed by atoms with Crippen molar-refractivity contribution in [2.75, 3.05) is 0 Å². The van der Waals surface area contributed by atoms with Crippen LogP contribution in [0, 0.1) is 0 Å². The molecule has 0 fully saturated rings. The molecule has 0 aliphatic carbocycles. The number of pyridine rings is 1. The summed E-state index contributed by atoms with van der Waals surface area (Å²) in [6, 6.07) is 3.56. The highest BCUT2D eigenvalue weighted by atomic mass is 79.9. The summed E-state index contributed by atoms with van der Waals surface area (Å²) in [6.45, 7) is 0. The Balaban J connectivity index is 2.77. The van der Waals surface area contributed by atoms with E-state index in [1.54, 1.807) is 24.5 Å². The van der Waals surface area contributed by atoms with Gasteiger partial charge in [0.1, 0.15) is 6.10 Å². The summed E-state index contributed by atoms with van der Waals surface area (Å²) in [5.41, 5.74) is 0.846. The summed E-state index contributed by atoms with van der Waals surface area (Å²) in [5.74, 6) is 0. The molecule has 1 N–H and O–H groups in total. The average molecular weight is 281 g/mol. The molecule has 1 heterocycles. The van der Waals surface area contributed by atoms with Crippen molar-refractivity contribution in [1.29, 1.82) is 0 Å². The summed E-state index contributed by atoms with van der Waals surface area (Å²) in [6.07, 6.45) is 2.78. The first-order valence-corrected chi connectivity index (χ1v) is 4.91. The lowest BCUT2D eigenvalue weighted by Crippen LogP contribution is -2.04. The number of rotatable bonds is 2. The molecule has 1 aromatic rings. The second-order valence-corrected chi connectivity index (χ2v) is 5.26. The minimum Gasteiger partial charge on any atom is -0.386 e. The summed E-state index contributed by atoms with van der Waals surface area (Å²) >= 11 is 6.45. The summed E-state index contributed by atoms with van der Waals surface area (Å²) in [5, 5.41) is 9.48. The van der Waals surface area contributed by atoms with E-state index in [2.05, 4.69) is 36.8 Å². The first kappa shape index (κ1) is 9.16. The van der Waals surface area contributed by atoms with Crippen molar-refractivity contribution in [3.05, 3.63) is 30.1 Å². The number of halogens is 2. The third-order valence-corrected chi connectivity index (χ3v) is 2.29. The van der Waals surface area contributed by atoms with Crippen LogP contribution < -0.4 is 0 Å². The van der Waals surface area contributed by atoms with Crippen molar-refractivity contribution in [2.24, 2.45) is 0 Å². The smallest absolute Gasteiger partial charge is 0.101 e. The number of aromatic nitrogens is 1. The van der Waals surface area contributed by atoms with Crippen molar-refractivity contribution in [2.45, 2.75) is 9.84 Å². The average Bonchev–Trinajstić information content (AvgIpc) is 2.05. The fourth-order valence-electron chi connectivity index (χ4n) is 0.706. The minimum absolute atomic E-state index is 0.114. The van der Waals surface area contributed by atoms with E-state index in [0.29, 0.717) is 0 Å². The van der Waals surface area contributed by atoms with Crippen LogP contribution in [-0.2, 0) is 0 Å². The molecule has 2 nitrogen and oxygen atoms in total. The van der Waals surface area contributed by atoms with Gasteiger partial charge in [0.25, 0.3) is 0 Å². The van der Waals surface area contributed by atoms with Gasteiger partial charge in [-0.05, 0) is 17.7 Å². The van der Waals surface area contributed by atoms with Crippen molar-refractivity contribution in [1.82, 2.24) is 4.98 Å². The number of alkyl halides is 2. The molecular formula is C7H7Br2NO. The zero-order valence-electron chi connectivity index (χ0n) is 5.61. The Morgan fingerprint density at radius 1 is 1.27 bits per heavy atom. The maximum absolute atomic E-state index is 9.48. The number of hydrogen-bond acceptors (Lipinski definition) is 2. The van der Waals surface area contributed by atoms with Crippen LogP contribution >= 0.6 is 31.9 Å². The molecule has 0 saturated heterocycles. The van der Waals surface area contributed by atoms with Crippen molar-refractivity contribution < 1.29 is 5.11 Å². The van der Waals surface area contributed by atoms with Crippen LogP contribution in [0.15, 0.2) is 24.5 Å². The Labute approximate surface area is 81.9 Å². The molecule has 0 spiro atoms. The van der Waals surface area contributed by atoms with Gasteiger partial charge in [0.2, 0.25) is 0 Å². The number of aliphatic hydroxyl groups is 1. The fourth-order valence-corrected chi connectivity index (χ4v) is 1.32. The van der Waals surface area contributed by atoms with Gasteiger partial charge in [-0.25, -0.2) is 0 Å². The lowest BCUT2D eigenvalue weighted by molar-refractivity contribution is 0.199. The quantitative estimate of drug-likeness (QED) is 0.843. The van der Waals surface area contributed by atoms with E-state index in [-0.39, 0.29) is 3.74 Å². The summed E-state index contributed by atoms with van der Waals surface area (Å²) in [7, 11) is 0. The number of aliphatic hydroxyl groups excluding tert-OH is 1. The van der Waals surface area contributed by atoms with Gasteiger partial charge in [-0.1, -0.05) is 31.9 Å². The number of hydrogen-bond donors (Lipinski definition) is 1. The van der Waals surface area contributed by atoms with Gasteiger partial charge < -0.3 is 5.11 Å². The molecule has 1 rings (SSSR count). The van der Waals surface area contributed by atoms with E-state index in [1.807, 2.05) is 0 Å². The second kappa shape index (κ2) is 4.18. The molecule has 0 radical (unpaired) electrons. The number of nitrogens with zero attached hydrogens (tertiary/aromatic N) is 1. The van der Waals surface area contributed by atoms with E-state index < -0.39 is 6.10 Å². The van der Waals surface area contributed by atoms with E-state index >= 15 is 0 Å². The molecule has 4 heteroatoms. The van der Waals surface area contributed by atoms with Gasteiger partial charge in [0.15, 0.2) is 0 Å². The Kier molecular flexibility index (Phi) is 3.48.